The van der Waals surface area contributed by atoms with Gasteiger partial charge >= 0.3 is 11.3 Å². The molecule has 2 nitrogen and oxygen atoms in total. The molecular formula is C35H27O2+. The minimum absolute atomic E-state index is 0.858. The summed E-state index contributed by atoms with van der Waals surface area (Å²) in [7, 11) is 0. The Kier molecular flexibility index (Phi) is 6.22. The highest BCUT2D eigenvalue weighted by molar-refractivity contribution is 5.92. The number of hydrogen-bond donors (Lipinski definition) is 0. The summed E-state index contributed by atoms with van der Waals surface area (Å²) in [6, 6.07) is 39.1. The van der Waals surface area contributed by atoms with Crippen molar-refractivity contribution >= 4 is 28.4 Å². The van der Waals surface area contributed by atoms with Crippen molar-refractivity contribution in [2.45, 2.75) is 13.3 Å². The van der Waals surface area contributed by atoms with Crippen LogP contribution in [0.2, 0.25) is 0 Å². The average molecular weight is 480 g/mol. The predicted molar refractivity (Wildman–Crippen MR) is 154 cm³/mol. The van der Waals surface area contributed by atoms with Crippen molar-refractivity contribution in [3.05, 3.63) is 150 Å². The van der Waals surface area contributed by atoms with Crippen LogP contribution in [0.4, 0.5) is 0 Å². The summed E-state index contributed by atoms with van der Waals surface area (Å²) in [5, 5.41) is 1.10. The summed E-state index contributed by atoms with van der Waals surface area (Å²) in [5.74, 6) is 2.59. The lowest BCUT2D eigenvalue weighted by atomic mass is 9.95. The molecular weight excluding hydrogens is 452 g/mol. The molecule has 1 aliphatic rings. The molecule has 1 aromatic heterocycles. The Labute approximate surface area is 217 Å². The Morgan fingerprint density at radius 1 is 0.757 bits per heavy atom. The van der Waals surface area contributed by atoms with Gasteiger partial charge in [-0.05, 0) is 47.9 Å². The maximum absolute atomic E-state index is 6.29. The number of benzene rings is 4. The van der Waals surface area contributed by atoms with Gasteiger partial charge < -0.3 is 4.74 Å². The van der Waals surface area contributed by atoms with Crippen molar-refractivity contribution in [1.29, 1.82) is 0 Å². The van der Waals surface area contributed by atoms with Gasteiger partial charge in [0.05, 0.1) is 17.0 Å². The standard InChI is InChI=1S/C35H27O2/c1-2-25(21-28-23-34(26-13-5-3-6-14-26)36-32-19-11-9-17-30(28)32)22-29-24-35(27-15-7-4-8-16-27)37-33-20-12-10-18-31(29)33/h3-24H,2H2,1H3/q+1. The summed E-state index contributed by atoms with van der Waals surface area (Å²) >= 11 is 0. The molecule has 6 rings (SSSR count). The maximum Gasteiger partial charge on any atom is 0.361 e. The Hall–Kier alpha value is -4.69. The van der Waals surface area contributed by atoms with Gasteiger partial charge in [0, 0.05) is 22.8 Å². The minimum Gasteiger partial charge on any atom is -0.456 e. The topological polar surface area (TPSA) is 20.5 Å². The van der Waals surface area contributed by atoms with E-state index >= 15 is 0 Å². The molecule has 0 radical (unpaired) electrons. The van der Waals surface area contributed by atoms with E-state index in [4.69, 9.17) is 9.15 Å². The molecule has 0 aliphatic carbocycles. The first kappa shape index (κ1) is 22.8. The van der Waals surface area contributed by atoms with Crippen molar-refractivity contribution in [2.75, 3.05) is 0 Å². The number of rotatable bonds is 5. The second-order valence-electron chi connectivity index (χ2n) is 9.07. The molecule has 37 heavy (non-hydrogen) atoms. The molecule has 2 heterocycles. The number of ether oxygens (including phenoxy) is 1. The molecule has 2 heteroatoms. The van der Waals surface area contributed by atoms with E-state index in [0.717, 1.165) is 62.5 Å². The van der Waals surface area contributed by atoms with Crippen LogP contribution in [0.3, 0.4) is 0 Å². The van der Waals surface area contributed by atoms with Crippen LogP contribution < -0.4 is 4.74 Å². The molecule has 0 atom stereocenters. The largest absolute Gasteiger partial charge is 0.456 e. The number of hydrogen-bond acceptors (Lipinski definition) is 1. The first-order valence-corrected chi connectivity index (χ1v) is 12.7. The van der Waals surface area contributed by atoms with Crippen LogP contribution in [0, 0.1) is 0 Å². The second-order valence-corrected chi connectivity index (χ2v) is 9.07. The molecule has 0 fully saturated rings. The maximum atomic E-state index is 6.29. The fourth-order valence-corrected chi connectivity index (χ4v) is 4.70. The van der Waals surface area contributed by atoms with E-state index in [1.807, 2.05) is 60.7 Å². The number of para-hydroxylation sites is 2. The van der Waals surface area contributed by atoms with Gasteiger partial charge in [0.25, 0.3) is 0 Å². The van der Waals surface area contributed by atoms with E-state index in [1.165, 1.54) is 5.57 Å². The van der Waals surface area contributed by atoms with Crippen LogP contribution in [0.5, 0.6) is 5.75 Å². The van der Waals surface area contributed by atoms with Crippen LogP contribution in [-0.4, -0.2) is 0 Å². The molecule has 0 saturated heterocycles. The Morgan fingerprint density at radius 3 is 2.22 bits per heavy atom. The smallest absolute Gasteiger partial charge is 0.361 e. The SMILES string of the molecule is CCC(=C\c1cc(-c2ccccc2)[o+]c2ccccc12)/C=C1\C=C(c2ccccc2)Oc2ccccc21. The lowest BCUT2D eigenvalue weighted by Gasteiger charge is -2.21. The third-order valence-electron chi connectivity index (χ3n) is 6.62. The first-order valence-electron chi connectivity index (χ1n) is 12.7. The van der Waals surface area contributed by atoms with Gasteiger partial charge in [0.2, 0.25) is 0 Å². The van der Waals surface area contributed by atoms with Crippen molar-refractivity contribution in [3.8, 4) is 17.1 Å². The highest BCUT2D eigenvalue weighted by Gasteiger charge is 2.20. The van der Waals surface area contributed by atoms with E-state index in [1.54, 1.807) is 0 Å². The summed E-state index contributed by atoms with van der Waals surface area (Å²) in [5.41, 5.74) is 7.61. The molecule has 0 N–H and O–H groups in total. The normalized spacial score (nSPS) is 14.2. The van der Waals surface area contributed by atoms with Gasteiger partial charge in [0.1, 0.15) is 11.5 Å². The fourth-order valence-electron chi connectivity index (χ4n) is 4.70. The highest BCUT2D eigenvalue weighted by Crippen LogP contribution is 2.38. The van der Waals surface area contributed by atoms with Crippen LogP contribution in [0.1, 0.15) is 30.0 Å². The second kappa shape index (κ2) is 10.1. The predicted octanol–water partition coefficient (Wildman–Crippen LogP) is 9.69. The molecule has 1 aliphatic heterocycles. The molecule has 178 valence electrons. The third kappa shape index (κ3) is 4.74. The van der Waals surface area contributed by atoms with Gasteiger partial charge in [-0.2, -0.15) is 0 Å². The highest BCUT2D eigenvalue weighted by atomic mass is 16.5. The monoisotopic (exact) mass is 479 g/mol. The minimum atomic E-state index is 0.858. The molecule has 4 aromatic carbocycles. The number of fused-ring (bicyclic) bond motifs is 2. The van der Waals surface area contributed by atoms with Gasteiger partial charge in [0.15, 0.2) is 0 Å². The van der Waals surface area contributed by atoms with Crippen LogP contribution in [0.15, 0.2) is 137 Å². The lowest BCUT2D eigenvalue weighted by Crippen LogP contribution is -2.03. The van der Waals surface area contributed by atoms with Crippen molar-refractivity contribution in [3.63, 3.8) is 0 Å². The van der Waals surface area contributed by atoms with Gasteiger partial charge in [-0.1, -0.05) is 97.9 Å². The van der Waals surface area contributed by atoms with Crippen LogP contribution in [-0.2, 0) is 0 Å². The zero-order valence-corrected chi connectivity index (χ0v) is 20.7. The van der Waals surface area contributed by atoms with E-state index in [-0.39, 0.29) is 0 Å². The summed E-state index contributed by atoms with van der Waals surface area (Å²) < 4.78 is 12.6. The Morgan fingerprint density at radius 2 is 1.43 bits per heavy atom. The third-order valence-corrected chi connectivity index (χ3v) is 6.62. The molecule has 0 saturated carbocycles. The molecule has 0 bridgehead atoms. The van der Waals surface area contributed by atoms with E-state index in [0.29, 0.717) is 0 Å². The van der Waals surface area contributed by atoms with Gasteiger partial charge in [-0.15, -0.1) is 0 Å². The molecule has 0 amide bonds. The average Bonchev–Trinajstić information content (AvgIpc) is 2.97. The van der Waals surface area contributed by atoms with Crippen molar-refractivity contribution < 1.29 is 9.15 Å². The lowest BCUT2D eigenvalue weighted by molar-refractivity contribution is 0.509. The van der Waals surface area contributed by atoms with Crippen LogP contribution >= 0.6 is 0 Å². The molecule has 0 spiro atoms. The zero-order valence-electron chi connectivity index (χ0n) is 20.7. The van der Waals surface area contributed by atoms with Crippen molar-refractivity contribution in [2.24, 2.45) is 0 Å². The Balaban J connectivity index is 1.49. The summed E-state index contributed by atoms with van der Waals surface area (Å²) in [4.78, 5) is 0. The fraction of sp³-hybridized carbons (Fsp3) is 0.0571. The summed E-state index contributed by atoms with van der Waals surface area (Å²) in [6.45, 7) is 2.20. The van der Waals surface area contributed by atoms with Crippen LogP contribution in [0.25, 0.3) is 39.7 Å². The van der Waals surface area contributed by atoms with E-state index in [9.17, 15) is 0 Å². The number of allylic oxidation sites excluding steroid dienone is 4. The summed E-state index contributed by atoms with van der Waals surface area (Å²) in [6.07, 6.45) is 7.61. The van der Waals surface area contributed by atoms with Gasteiger partial charge in [-0.25, -0.2) is 4.42 Å². The van der Waals surface area contributed by atoms with Crippen molar-refractivity contribution in [1.82, 2.24) is 0 Å². The molecule has 0 unspecified atom stereocenters. The Bertz CT molecular complexity index is 1660. The zero-order chi connectivity index (χ0) is 25.0. The van der Waals surface area contributed by atoms with E-state index in [2.05, 4.69) is 79.7 Å². The quantitative estimate of drug-likeness (QED) is 0.234. The molecule has 5 aromatic rings. The van der Waals surface area contributed by atoms with E-state index < -0.39 is 0 Å². The first-order chi connectivity index (χ1) is 18.3. The van der Waals surface area contributed by atoms with Gasteiger partial charge in [-0.3, -0.25) is 0 Å².